The van der Waals surface area contributed by atoms with Crippen molar-refractivity contribution in [2.24, 2.45) is 11.0 Å². The first-order valence-corrected chi connectivity index (χ1v) is 4.28. The molecule has 0 saturated heterocycles. The minimum atomic E-state index is 0.293. The fourth-order valence-corrected chi connectivity index (χ4v) is 1.17. The van der Waals surface area contributed by atoms with E-state index in [-0.39, 0.29) is 0 Å². The minimum absolute atomic E-state index is 0.293. The largest absolute Gasteiger partial charge is 0.252 e. The van der Waals surface area contributed by atoms with E-state index in [1.807, 2.05) is 10.9 Å². The van der Waals surface area contributed by atoms with Crippen molar-refractivity contribution < 1.29 is 0 Å². The van der Waals surface area contributed by atoms with Crippen molar-refractivity contribution in [1.82, 2.24) is 15.0 Å². The molecule has 1 aliphatic carbocycles. The van der Waals surface area contributed by atoms with Crippen molar-refractivity contribution in [2.75, 3.05) is 0 Å². The number of nitrogens with zero attached hydrogens (tertiary/aromatic N) is 6. The SMILES string of the molecule is [N-]=[N+]=NCc1cn(CC2CC2)nn1. The maximum Gasteiger partial charge on any atom is 0.0885 e. The van der Waals surface area contributed by atoms with E-state index in [1.54, 1.807) is 0 Å². The normalized spacial score (nSPS) is 15.4. The van der Waals surface area contributed by atoms with Crippen LogP contribution in [0.15, 0.2) is 11.3 Å². The number of rotatable bonds is 4. The van der Waals surface area contributed by atoms with Crippen molar-refractivity contribution in [1.29, 1.82) is 0 Å². The molecule has 1 aromatic heterocycles. The van der Waals surface area contributed by atoms with Crippen molar-refractivity contribution in [3.63, 3.8) is 0 Å². The summed E-state index contributed by atoms with van der Waals surface area (Å²) in [5.74, 6) is 0.786. The van der Waals surface area contributed by atoms with Crippen LogP contribution in [0.5, 0.6) is 0 Å². The molecule has 13 heavy (non-hydrogen) atoms. The third-order valence-electron chi connectivity index (χ3n) is 2.02. The number of azide groups is 1. The van der Waals surface area contributed by atoms with Gasteiger partial charge in [-0.15, -0.1) is 5.10 Å². The Morgan fingerprint density at radius 1 is 1.69 bits per heavy atom. The average Bonchev–Trinajstić information content (AvgIpc) is 2.81. The van der Waals surface area contributed by atoms with Crippen LogP contribution >= 0.6 is 0 Å². The summed E-state index contributed by atoms with van der Waals surface area (Å²) in [6.45, 7) is 1.24. The molecule has 0 atom stereocenters. The lowest BCUT2D eigenvalue weighted by atomic mass is 10.4. The summed E-state index contributed by atoms with van der Waals surface area (Å²) in [6, 6.07) is 0. The van der Waals surface area contributed by atoms with E-state index < -0.39 is 0 Å². The Hall–Kier alpha value is -1.55. The van der Waals surface area contributed by atoms with E-state index in [1.165, 1.54) is 12.8 Å². The summed E-state index contributed by atoms with van der Waals surface area (Å²) in [5, 5.41) is 11.2. The molecular formula is C7H10N6. The van der Waals surface area contributed by atoms with Gasteiger partial charge in [0.1, 0.15) is 0 Å². The molecule has 0 bridgehead atoms. The Balaban J connectivity index is 1.95. The van der Waals surface area contributed by atoms with Gasteiger partial charge in [0.15, 0.2) is 0 Å². The standard InChI is InChI=1S/C7H10N6/c8-11-9-3-7-5-13(12-10-7)4-6-1-2-6/h5-6H,1-4H2. The Bertz CT molecular complexity index is 333. The second kappa shape index (κ2) is 3.45. The summed E-state index contributed by atoms with van der Waals surface area (Å²) in [5.41, 5.74) is 8.83. The van der Waals surface area contributed by atoms with Gasteiger partial charge in [-0.2, -0.15) is 0 Å². The van der Waals surface area contributed by atoms with E-state index in [0.717, 1.165) is 18.2 Å². The van der Waals surface area contributed by atoms with E-state index in [4.69, 9.17) is 5.53 Å². The first-order chi connectivity index (χ1) is 6.38. The zero-order valence-corrected chi connectivity index (χ0v) is 7.17. The number of aromatic nitrogens is 3. The zero-order chi connectivity index (χ0) is 9.10. The van der Waals surface area contributed by atoms with Gasteiger partial charge in [-0.25, -0.2) is 0 Å². The van der Waals surface area contributed by atoms with Crippen LogP contribution in [0.25, 0.3) is 10.4 Å². The van der Waals surface area contributed by atoms with E-state index >= 15 is 0 Å². The smallest absolute Gasteiger partial charge is 0.0885 e. The maximum atomic E-state index is 8.09. The number of hydrogen-bond donors (Lipinski definition) is 0. The Kier molecular flexibility index (Phi) is 2.14. The first kappa shape index (κ1) is 8.07. The molecule has 1 fully saturated rings. The number of hydrogen-bond acceptors (Lipinski definition) is 3. The van der Waals surface area contributed by atoms with Crippen LogP contribution in [-0.2, 0) is 13.1 Å². The van der Waals surface area contributed by atoms with Gasteiger partial charge in [-0.3, -0.25) is 4.68 Å². The molecule has 0 N–H and O–H groups in total. The maximum absolute atomic E-state index is 8.09. The highest BCUT2D eigenvalue weighted by Crippen LogP contribution is 2.30. The lowest BCUT2D eigenvalue weighted by molar-refractivity contribution is 0.544. The van der Waals surface area contributed by atoms with Gasteiger partial charge in [0, 0.05) is 17.7 Å². The summed E-state index contributed by atoms with van der Waals surface area (Å²) >= 11 is 0. The molecule has 0 radical (unpaired) electrons. The van der Waals surface area contributed by atoms with Crippen LogP contribution < -0.4 is 0 Å². The topological polar surface area (TPSA) is 79.5 Å². The second-order valence-corrected chi connectivity index (χ2v) is 3.26. The molecule has 1 saturated carbocycles. The van der Waals surface area contributed by atoms with Gasteiger partial charge in [0.05, 0.1) is 12.2 Å². The first-order valence-electron chi connectivity index (χ1n) is 4.28. The van der Waals surface area contributed by atoms with Gasteiger partial charge in [-0.05, 0) is 24.3 Å². The molecule has 0 aromatic carbocycles. The van der Waals surface area contributed by atoms with Gasteiger partial charge in [0.2, 0.25) is 0 Å². The predicted octanol–water partition coefficient (Wildman–Crippen LogP) is 1.50. The second-order valence-electron chi connectivity index (χ2n) is 3.26. The van der Waals surface area contributed by atoms with Gasteiger partial charge in [0.25, 0.3) is 0 Å². The molecule has 1 aromatic rings. The highest BCUT2D eigenvalue weighted by molar-refractivity contribution is 4.92. The fraction of sp³-hybridized carbons (Fsp3) is 0.714. The summed E-state index contributed by atoms with van der Waals surface area (Å²) < 4.78 is 1.82. The quantitative estimate of drug-likeness (QED) is 0.397. The third kappa shape index (κ3) is 2.19. The summed E-state index contributed by atoms with van der Waals surface area (Å²) in [4.78, 5) is 2.66. The Morgan fingerprint density at radius 3 is 3.23 bits per heavy atom. The van der Waals surface area contributed by atoms with Crippen LogP contribution in [0.3, 0.4) is 0 Å². The molecule has 6 heteroatoms. The molecule has 1 aliphatic rings. The van der Waals surface area contributed by atoms with Gasteiger partial charge >= 0.3 is 0 Å². The lowest BCUT2D eigenvalue weighted by Gasteiger charge is -1.93. The van der Waals surface area contributed by atoms with E-state index in [9.17, 15) is 0 Å². The highest BCUT2D eigenvalue weighted by Gasteiger charge is 2.22. The van der Waals surface area contributed by atoms with Crippen molar-refractivity contribution >= 4 is 0 Å². The van der Waals surface area contributed by atoms with Crippen molar-refractivity contribution in [3.05, 3.63) is 22.3 Å². The third-order valence-corrected chi connectivity index (χ3v) is 2.02. The van der Waals surface area contributed by atoms with Crippen molar-refractivity contribution in [3.8, 4) is 0 Å². The van der Waals surface area contributed by atoms with E-state index in [2.05, 4.69) is 20.3 Å². The van der Waals surface area contributed by atoms with Crippen molar-refractivity contribution in [2.45, 2.75) is 25.9 Å². The van der Waals surface area contributed by atoms with Crippen LogP contribution in [0.4, 0.5) is 0 Å². The Morgan fingerprint density at radius 2 is 2.54 bits per heavy atom. The van der Waals surface area contributed by atoms with Crippen LogP contribution in [0.2, 0.25) is 0 Å². The minimum Gasteiger partial charge on any atom is -0.252 e. The van der Waals surface area contributed by atoms with Gasteiger partial charge < -0.3 is 0 Å². The van der Waals surface area contributed by atoms with E-state index in [0.29, 0.717) is 6.54 Å². The molecule has 68 valence electrons. The zero-order valence-electron chi connectivity index (χ0n) is 7.17. The monoisotopic (exact) mass is 178 g/mol. The highest BCUT2D eigenvalue weighted by atomic mass is 15.4. The summed E-state index contributed by atoms with van der Waals surface area (Å²) in [6.07, 6.45) is 4.43. The van der Waals surface area contributed by atoms with Crippen LogP contribution in [-0.4, -0.2) is 15.0 Å². The molecule has 6 nitrogen and oxygen atoms in total. The molecule has 1 heterocycles. The molecule has 0 unspecified atom stereocenters. The van der Waals surface area contributed by atoms with Crippen LogP contribution in [0.1, 0.15) is 18.5 Å². The average molecular weight is 178 g/mol. The molecule has 0 amide bonds. The predicted molar refractivity (Wildman–Crippen MR) is 45.6 cm³/mol. The van der Waals surface area contributed by atoms with Crippen LogP contribution in [0, 0.1) is 5.92 Å². The Labute approximate surface area is 75.2 Å². The van der Waals surface area contributed by atoms with Gasteiger partial charge in [-0.1, -0.05) is 10.3 Å². The molecule has 0 aliphatic heterocycles. The molecule has 2 rings (SSSR count). The lowest BCUT2D eigenvalue weighted by Crippen LogP contribution is -1.99. The molecular weight excluding hydrogens is 168 g/mol. The summed E-state index contributed by atoms with van der Waals surface area (Å²) in [7, 11) is 0. The molecule has 0 spiro atoms. The fourth-order valence-electron chi connectivity index (χ4n) is 1.17.